The molecular formula is C7H16BN2O4P. The second-order valence-electron chi connectivity index (χ2n) is 3.62. The molecular weight excluding hydrogens is 218 g/mol. The van der Waals surface area contributed by atoms with Gasteiger partial charge in [0.05, 0.1) is 12.7 Å². The molecule has 0 saturated carbocycles. The van der Waals surface area contributed by atoms with E-state index in [9.17, 15) is 9.36 Å². The summed E-state index contributed by atoms with van der Waals surface area (Å²) in [5.74, 6) is 0.00977. The first-order valence-corrected chi connectivity index (χ1v) is 6.21. The first-order chi connectivity index (χ1) is 6.99. The molecule has 0 aliphatic carbocycles. The number of carbonyl (C=O) groups excluding carboxylic acids is 1. The van der Waals surface area contributed by atoms with Crippen LogP contribution < -0.4 is 5.50 Å². The van der Waals surface area contributed by atoms with Crippen molar-refractivity contribution in [2.24, 2.45) is 5.50 Å². The Morgan fingerprint density at radius 1 is 1.73 bits per heavy atom. The van der Waals surface area contributed by atoms with Crippen LogP contribution in [0.15, 0.2) is 0 Å². The molecule has 1 aliphatic heterocycles. The summed E-state index contributed by atoms with van der Waals surface area (Å²) < 4.78 is 20.9. The van der Waals surface area contributed by atoms with Crippen LogP contribution >= 0.6 is 8.18 Å². The van der Waals surface area contributed by atoms with Gasteiger partial charge in [-0.1, -0.05) is 0 Å². The van der Waals surface area contributed by atoms with Gasteiger partial charge in [-0.2, -0.15) is 0 Å². The van der Waals surface area contributed by atoms with Gasteiger partial charge in [0.1, 0.15) is 7.85 Å². The van der Waals surface area contributed by atoms with Crippen LogP contribution in [-0.4, -0.2) is 50.5 Å². The molecule has 0 aromatic carbocycles. The fourth-order valence-corrected chi connectivity index (χ4v) is 1.92. The molecule has 1 amide bonds. The zero-order chi connectivity index (χ0) is 11.4. The van der Waals surface area contributed by atoms with Gasteiger partial charge in [-0.05, 0) is 0 Å². The maximum Gasteiger partial charge on any atom is 0.255 e. The molecule has 0 radical (unpaired) electrons. The van der Waals surface area contributed by atoms with E-state index in [1.165, 1.54) is 6.92 Å². The van der Waals surface area contributed by atoms with Crippen LogP contribution in [0, 0.1) is 0 Å². The number of ether oxygens (including phenoxy) is 1. The molecule has 1 aliphatic rings. The summed E-state index contributed by atoms with van der Waals surface area (Å²) in [5, 5.41) is 0. The molecule has 0 spiro atoms. The standard InChI is InChI=1S/C7H16BN2O4P/c1-5(11)10-2-6(4-13-15(9)12)14-7(8)3-10/h6-7,15H,2-4,8H2,1H3,(H2,9,12). The summed E-state index contributed by atoms with van der Waals surface area (Å²) >= 11 is 0. The highest BCUT2D eigenvalue weighted by molar-refractivity contribution is 7.36. The van der Waals surface area contributed by atoms with Gasteiger partial charge in [-0.3, -0.25) is 14.9 Å². The Bertz CT molecular complexity index is 265. The van der Waals surface area contributed by atoms with Crippen molar-refractivity contribution in [1.82, 2.24) is 4.90 Å². The number of morpholine rings is 1. The highest BCUT2D eigenvalue weighted by atomic mass is 31.1. The fraction of sp³-hybridized carbons (Fsp3) is 0.857. The Labute approximate surface area is 90.4 Å². The van der Waals surface area contributed by atoms with E-state index in [1.807, 2.05) is 7.85 Å². The van der Waals surface area contributed by atoms with Crippen molar-refractivity contribution in [3.63, 3.8) is 0 Å². The molecule has 1 heterocycles. The van der Waals surface area contributed by atoms with Gasteiger partial charge >= 0.3 is 0 Å². The van der Waals surface area contributed by atoms with Crippen molar-refractivity contribution >= 4 is 21.9 Å². The van der Waals surface area contributed by atoms with E-state index in [4.69, 9.17) is 14.8 Å². The zero-order valence-electron chi connectivity index (χ0n) is 8.93. The highest BCUT2D eigenvalue weighted by Gasteiger charge is 2.26. The molecule has 3 atom stereocenters. The second-order valence-corrected chi connectivity index (χ2v) is 4.55. The molecule has 2 N–H and O–H groups in total. The molecule has 15 heavy (non-hydrogen) atoms. The van der Waals surface area contributed by atoms with Gasteiger partial charge < -0.3 is 14.2 Å². The molecule has 86 valence electrons. The van der Waals surface area contributed by atoms with Gasteiger partial charge in [0.2, 0.25) is 5.91 Å². The normalized spacial score (nSPS) is 28.8. The molecule has 6 nitrogen and oxygen atoms in total. The van der Waals surface area contributed by atoms with E-state index in [0.717, 1.165) is 0 Å². The number of nitrogens with two attached hydrogens (primary N) is 1. The number of carbonyl (C=O) groups is 1. The predicted molar refractivity (Wildman–Crippen MR) is 58.6 cm³/mol. The Kier molecular flexibility index (Phi) is 4.79. The lowest BCUT2D eigenvalue weighted by Gasteiger charge is -2.36. The molecule has 1 rings (SSSR count). The average Bonchev–Trinajstić information content (AvgIpc) is 2.13. The number of hydrogen-bond acceptors (Lipinski definition) is 4. The van der Waals surface area contributed by atoms with Crippen LogP contribution in [0.1, 0.15) is 6.92 Å². The third-order valence-corrected chi connectivity index (χ3v) is 2.63. The Morgan fingerprint density at radius 2 is 2.40 bits per heavy atom. The van der Waals surface area contributed by atoms with E-state index in [0.29, 0.717) is 13.1 Å². The minimum absolute atomic E-state index is 0.00977. The summed E-state index contributed by atoms with van der Waals surface area (Å²) in [6.07, 6.45) is -0.241. The minimum Gasteiger partial charge on any atom is -0.378 e. The molecule has 8 heteroatoms. The van der Waals surface area contributed by atoms with Gasteiger partial charge in [0.25, 0.3) is 8.18 Å². The number of rotatable bonds is 3. The maximum atomic E-state index is 11.2. The summed E-state index contributed by atoms with van der Waals surface area (Å²) in [6, 6.07) is -0.0312. The van der Waals surface area contributed by atoms with Gasteiger partial charge in [0.15, 0.2) is 0 Å². The predicted octanol–water partition coefficient (Wildman–Crippen LogP) is -1.44. The Morgan fingerprint density at radius 3 is 2.93 bits per heavy atom. The lowest BCUT2D eigenvalue weighted by Crippen LogP contribution is -2.50. The molecule has 0 bridgehead atoms. The number of amides is 1. The summed E-state index contributed by atoms with van der Waals surface area (Å²) in [5.41, 5.74) is 5.03. The second kappa shape index (κ2) is 5.65. The first-order valence-electron chi connectivity index (χ1n) is 4.82. The van der Waals surface area contributed by atoms with Crippen molar-refractivity contribution in [3.8, 4) is 0 Å². The monoisotopic (exact) mass is 234 g/mol. The summed E-state index contributed by atoms with van der Waals surface area (Å²) in [6.45, 7) is 2.74. The smallest absolute Gasteiger partial charge is 0.255 e. The van der Waals surface area contributed by atoms with E-state index in [2.05, 4.69) is 0 Å². The van der Waals surface area contributed by atoms with E-state index >= 15 is 0 Å². The van der Waals surface area contributed by atoms with Crippen molar-refractivity contribution in [1.29, 1.82) is 0 Å². The van der Waals surface area contributed by atoms with Crippen LogP contribution in [0.3, 0.4) is 0 Å². The zero-order valence-corrected chi connectivity index (χ0v) is 9.93. The molecule has 1 fully saturated rings. The van der Waals surface area contributed by atoms with Crippen LogP contribution in [-0.2, 0) is 18.6 Å². The minimum atomic E-state index is -2.42. The van der Waals surface area contributed by atoms with Crippen molar-refractivity contribution in [2.75, 3.05) is 19.7 Å². The Balaban J connectivity index is 2.44. The van der Waals surface area contributed by atoms with E-state index in [-0.39, 0.29) is 24.6 Å². The van der Waals surface area contributed by atoms with Crippen molar-refractivity contribution in [3.05, 3.63) is 0 Å². The average molecular weight is 234 g/mol. The van der Waals surface area contributed by atoms with Crippen LogP contribution in [0.5, 0.6) is 0 Å². The molecule has 3 unspecified atom stereocenters. The van der Waals surface area contributed by atoms with Crippen LogP contribution in [0.4, 0.5) is 0 Å². The van der Waals surface area contributed by atoms with Crippen molar-refractivity contribution < 1.29 is 18.6 Å². The summed E-state index contributed by atoms with van der Waals surface area (Å²) in [4.78, 5) is 12.9. The summed E-state index contributed by atoms with van der Waals surface area (Å²) in [7, 11) is -0.539. The van der Waals surface area contributed by atoms with E-state index < -0.39 is 8.18 Å². The fourth-order valence-electron chi connectivity index (χ4n) is 1.57. The topological polar surface area (TPSA) is 81.9 Å². The largest absolute Gasteiger partial charge is 0.378 e. The van der Waals surface area contributed by atoms with Gasteiger partial charge in [-0.15, -0.1) is 0 Å². The molecule has 0 aromatic rings. The van der Waals surface area contributed by atoms with Crippen LogP contribution in [0.25, 0.3) is 0 Å². The maximum absolute atomic E-state index is 11.2. The number of nitrogens with zero attached hydrogens (tertiary/aromatic N) is 1. The van der Waals surface area contributed by atoms with E-state index in [1.54, 1.807) is 4.90 Å². The molecule has 1 saturated heterocycles. The third-order valence-electron chi connectivity index (χ3n) is 2.18. The van der Waals surface area contributed by atoms with Gasteiger partial charge in [0, 0.05) is 26.0 Å². The highest BCUT2D eigenvalue weighted by Crippen LogP contribution is 2.15. The molecule has 0 aromatic heterocycles. The lowest BCUT2D eigenvalue weighted by atomic mass is 9.97. The van der Waals surface area contributed by atoms with Crippen LogP contribution in [0.2, 0.25) is 0 Å². The Hall–Kier alpha value is -0.355. The lowest BCUT2D eigenvalue weighted by molar-refractivity contribution is -0.139. The third kappa shape index (κ3) is 4.34. The first kappa shape index (κ1) is 12.7. The number of hydrogen-bond donors (Lipinski definition) is 1. The van der Waals surface area contributed by atoms with Gasteiger partial charge in [-0.25, -0.2) is 0 Å². The van der Waals surface area contributed by atoms with Crippen molar-refractivity contribution in [2.45, 2.75) is 19.0 Å². The quantitative estimate of drug-likeness (QED) is 0.477. The SMILES string of the molecule is BC1CN(C(C)=O)CC(CO[PH](N)=O)O1.